The van der Waals surface area contributed by atoms with Gasteiger partial charge in [-0.05, 0) is 73.8 Å². The molecule has 0 spiro atoms. The zero-order valence-electron chi connectivity index (χ0n) is 20.5. The molecular weight excluding hydrogens is 563 g/mol. The van der Waals surface area contributed by atoms with Gasteiger partial charge in [-0.2, -0.15) is 5.21 Å². The minimum atomic E-state index is -0.115. The van der Waals surface area contributed by atoms with Gasteiger partial charge in [-0.25, -0.2) is 0 Å². The maximum absolute atomic E-state index is 13.3. The molecule has 2 aliphatic heterocycles. The Morgan fingerprint density at radius 1 is 1.08 bits per heavy atom. The summed E-state index contributed by atoms with van der Waals surface area (Å²) in [4.78, 5) is 17.9. The quantitative estimate of drug-likeness (QED) is 0.246. The monoisotopic (exact) mass is 588 g/mol. The zero-order valence-corrected chi connectivity index (χ0v) is 23.7. The van der Waals surface area contributed by atoms with Crippen molar-refractivity contribution in [1.82, 2.24) is 30.4 Å². The van der Waals surface area contributed by atoms with Gasteiger partial charge in [0.2, 0.25) is 0 Å². The van der Waals surface area contributed by atoms with Crippen LogP contribution in [0, 0.1) is 0 Å². The van der Waals surface area contributed by atoms with Crippen molar-refractivity contribution in [2.75, 3.05) is 32.8 Å². The molecule has 8 nitrogen and oxygen atoms in total. The summed E-state index contributed by atoms with van der Waals surface area (Å²) in [5.74, 6) is 1.22. The van der Waals surface area contributed by atoms with E-state index in [0.717, 1.165) is 42.1 Å². The highest BCUT2D eigenvalue weighted by atomic mass is 35.5. The molecule has 3 aromatic rings. The van der Waals surface area contributed by atoms with Gasteiger partial charge in [-0.15, -0.1) is 10.2 Å². The summed E-state index contributed by atoms with van der Waals surface area (Å²) in [7, 11) is 0. The van der Waals surface area contributed by atoms with Gasteiger partial charge in [0.15, 0.2) is 5.82 Å². The number of thioether (sulfide) groups is 1. The van der Waals surface area contributed by atoms with Crippen LogP contribution in [0.15, 0.2) is 41.3 Å². The number of amides is 1. The number of ether oxygens (including phenoxy) is 1. The van der Waals surface area contributed by atoms with Crippen molar-refractivity contribution >= 4 is 63.5 Å². The molecule has 12 heteroatoms. The number of halogens is 2. The number of nitrogens with one attached hydrogen (secondary N) is 1. The minimum Gasteiger partial charge on any atom is -0.492 e. The van der Waals surface area contributed by atoms with E-state index in [2.05, 4.69) is 25.5 Å². The van der Waals surface area contributed by atoms with Crippen LogP contribution in [0.5, 0.6) is 5.75 Å². The number of hydrogen-bond acceptors (Lipinski definition) is 8. The van der Waals surface area contributed by atoms with E-state index in [1.54, 1.807) is 11.0 Å². The molecule has 3 heterocycles. The number of thiocarbonyl (C=S) groups is 1. The number of benzene rings is 2. The lowest BCUT2D eigenvalue weighted by molar-refractivity contribution is -0.122. The number of rotatable bonds is 10. The molecule has 2 aliphatic rings. The largest absolute Gasteiger partial charge is 0.492 e. The Hall–Kier alpha value is -2.50. The second-order valence-corrected chi connectivity index (χ2v) is 11.5. The molecule has 0 saturated carbocycles. The number of nitrogens with zero attached hydrogens (tertiary/aromatic N) is 5. The predicted molar refractivity (Wildman–Crippen MR) is 155 cm³/mol. The van der Waals surface area contributed by atoms with Crippen molar-refractivity contribution in [2.45, 2.75) is 25.7 Å². The fourth-order valence-electron chi connectivity index (χ4n) is 4.46. The third-order valence-electron chi connectivity index (χ3n) is 6.46. The van der Waals surface area contributed by atoms with Crippen LogP contribution in [0.25, 0.3) is 17.2 Å². The van der Waals surface area contributed by atoms with Crippen LogP contribution in [-0.2, 0) is 11.2 Å². The lowest BCUT2D eigenvalue weighted by Crippen LogP contribution is -2.29. The third-order valence-corrected chi connectivity index (χ3v) is 8.57. The van der Waals surface area contributed by atoms with E-state index in [1.807, 2.05) is 36.4 Å². The molecular formula is C26H26Cl2N6O2S2. The lowest BCUT2D eigenvalue weighted by atomic mass is 10.0. The van der Waals surface area contributed by atoms with E-state index in [-0.39, 0.29) is 5.91 Å². The SMILES string of the molecule is O=C1/C(=C/c2cc(-c3ccc(Cl)c(Cl)c3)ccc2OCCN2CCCC2)SC(=S)N1CCCc1nn[nH]n1. The molecule has 198 valence electrons. The topological polar surface area (TPSA) is 87.2 Å². The van der Waals surface area contributed by atoms with Crippen LogP contribution in [-0.4, -0.2) is 73.4 Å². The number of carbonyl (C=O) groups is 1. The van der Waals surface area contributed by atoms with E-state index < -0.39 is 0 Å². The first kappa shape index (κ1) is 27.1. The Labute approximate surface area is 240 Å². The van der Waals surface area contributed by atoms with Gasteiger partial charge in [0.05, 0.1) is 15.0 Å². The molecule has 1 amide bonds. The normalized spacial score (nSPS) is 17.2. The smallest absolute Gasteiger partial charge is 0.266 e. The van der Waals surface area contributed by atoms with Crippen LogP contribution in [0.2, 0.25) is 10.0 Å². The first-order valence-corrected chi connectivity index (χ1v) is 14.4. The van der Waals surface area contributed by atoms with Crippen molar-refractivity contribution in [3.8, 4) is 16.9 Å². The molecule has 1 aromatic heterocycles. The molecule has 2 saturated heterocycles. The number of likely N-dealkylation sites (tertiary alicyclic amines) is 1. The van der Waals surface area contributed by atoms with E-state index >= 15 is 0 Å². The fourth-order valence-corrected chi connectivity index (χ4v) is 6.05. The Balaban J connectivity index is 1.36. The second kappa shape index (κ2) is 12.6. The van der Waals surface area contributed by atoms with Crippen LogP contribution in [0.3, 0.4) is 0 Å². The molecule has 0 atom stereocenters. The van der Waals surface area contributed by atoms with E-state index in [1.165, 1.54) is 24.6 Å². The van der Waals surface area contributed by atoms with Crippen molar-refractivity contribution < 1.29 is 9.53 Å². The number of hydrogen-bond donors (Lipinski definition) is 1. The van der Waals surface area contributed by atoms with Crippen LogP contribution in [0.4, 0.5) is 0 Å². The van der Waals surface area contributed by atoms with E-state index in [9.17, 15) is 4.79 Å². The molecule has 0 aliphatic carbocycles. The Bertz CT molecular complexity index is 1350. The summed E-state index contributed by atoms with van der Waals surface area (Å²) < 4.78 is 6.75. The summed E-state index contributed by atoms with van der Waals surface area (Å²) in [6.07, 6.45) is 5.62. The van der Waals surface area contributed by atoms with Crippen LogP contribution in [0.1, 0.15) is 30.7 Å². The second-order valence-electron chi connectivity index (χ2n) is 9.04. The summed E-state index contributed by atoms with van der Waals surface area (Å²) >= 11 is 19.2. The first-order chi connectivity index (χ1) is 18.5. The molecule has 0 bridgehead atoms. The van der Waals surface area contributed by atoms with E-state index in [0.29, 0.717) is 51.1 Å². The van der Waals surface area contributed by atoms with Gasteiger partial charge in [-0.3, -0.25) is 14.6 Å². The molecule has 38 heavy (non-hydrogen) atoms. The highest BCUT2D eigenvalue weighted by Crippen LogP contribution is 2.37. The van der Waals surface area contributed by atoms with Gasteiger partial charge < -0.3 is 4.74 Å². The molecule has 2 fully saturated rings. The number of tetrazole rings is 1. The number of aryl methyl sites for hydroxylation is 1. The summed E-state index contributed by atoms with van der Waals surface area (Å²) in [6.45, 7) is 4.16. The van der Waals surface area contributed by atoms with Gasteiger partial charge >= 0.3 is 0 Å². The maximum atomic E-state index is 13.3. The number of aromatic amines is 1. The average Bonchev–Trinajstić information content (AvgIpc) is 3.67. The van der Waals surface area contributed by atoms with Gasteiger partial charge in [0.25, 0.3) is 5.91 Å². The van der Waals surface area contributed by atoms with Gasteiger partial charge in [0, 0.05) is 25.1 Å². The molecule has 5 rings (SSSR count). The fraction of sp³-hybridized carbons (Fsp3) is 0.346. The predicted octanol–water partition coefficient (Wildman–Crippen LogP) is 5.48. The zero-order chi connectivity index (χ0) is 26.5. The Morgan fingerprint density at radius 3 is 2.63 bits per heavy atom. The number of aromatic nitrogens is 4. The molecule has 0 radical (unpaired) electrons. The first-order valence-electron chi connectivity index (χ1n) is 12.4. The van der Waals surface area contributed by atoms with Crippen LogP contribution < -0.4 is 4.74 Å². The maximum Gasteiger partial charge on any atom is 0.266 e. The van der Waals surface area contributed by atoms with Crippen molar-refractivity contribution in [2.24, 2.45) is 0 Å². The van der Waals surface area contributed by atoms with E-state index in [4.69, 9.17) is 40.2 Å². The van der Waals surface area contributed by atoms with Gasteiger partial charge in [-0.1, -0.05) is 64.5 Å². The number of carbonyl (C=O) groups excluding carboxylic acids is 1. The Morgan fingerprint density at radius 2 is 1.87 bits per heavy atom. The summed E-state index contributed by atoms with van der Waals surface area (Å²) in [6, 6.07) is 11.5. The summed E-state index contributed by atoms with van der Waals surface area (Å²) in [5.41, 5.74) is 2.67. The third kappa shape index (κ3) is 6.55. The van der Waals surface area contributed by atoms with Crippen molar-refractivity contribution in [3.63, 3.8) is 0 Å². The lowest BCUT2D eigenvalue weighted by Gasteiger charge is -2.17. The molecule has 1 N–H and O–H groups in total. The molecule has 2 aromatic carbocycles. The van der Waals surface area contributed by atoms with Gasteiger partial charge in [0.1, 0.15) is 16.7 Å². The van der Waals surface area contributed by atoms with Crippen molar-refractivity contribution in [3.05, 3.63) is 62.7 Å². The highest BCUT2D eigenvalue weighted by Gasteiger charge is 2.32. The Kier molecular flexibility index (Phi) is 8.96. The minimum absolute atomic E-state index is 0.115. The van der Waals surface area contributed by atoms with Crippen LogP contribution >= 0.6 is 47.2 Å². The average molecular weight is 590 g/mol. The number of H-pyrrole nitrogens is 1. The highest BCUT2D eigenvalue weighted by molar-refractivity contribution is 8.26. The summed E-state index contributed by atoms with van der Waals surface area (Å²) in [5, 5.41) is 14.9. The van der Waals surface area contributed by atoms with Crippen molar-refractivity contribution in [1.29, 1.82) is 0 Å². The molecule has 0 unspecified atom stereocenters. The standard InChI is InChI=1S/C26H26Cl2N6O2S2/c27-20-7-5-18(15-21(20)28)17-6-8-22(36-13-12-33-9-1-2-10-33)19(14-17)16-23-25(35)34(26(37)38-23)11-3-4-24-29-31-32-30-24/h5-8,14-16H,1-4,9-13H2,(H,29,30,31,32)/b23-16-.